The second-order valence-corrected chi connectivity index (χ2v) is 4.34. The van der Waals surface area contributed by atoms with E-state index in [1.807, 2.05) is 13.1 Å². The van der Waals surface area contributed by atoms with Crippen molar-refractivity contribution >= 4 is 22.8 Å². The molecule has 1 aromatic carbocycles. The fourth-order valence-corrected chi connectivity index (χ4v) is 2.01. The SMILES string of the molecule is CN(c1noc2c(C(=O)O)cccc12)C1CC1. The summed E-state index contributed by atoms with van der Waals surface area (Å²) < 4.78 is 5.17. The molecule has 0 aliphatic heterocycles. The number of rotatable bonds is 3. The van der Waals surface area contributed by atoms with Crippen molar-refractivity contribution in [3.05, 3.63) is 23.8 Å². The lowest BCUT2D eigenvalue weighted by Crippen LogP contribution is -2.19. The van der Waals surface area contributed by atoms with Gasteiger partial charge in [0.15, 0.2) is 11.4 Å². The molecule has 1 fully saturated rings. The van der Waals surface area contributed by atoms with E-state index < -0.39 is 5.97 Å². The number of fused-ring (bicyclic) bond motifs is 1. The second-order valence-electron chi connectivity index (χ2n) is 4.34. The first-order chi connectivity index (χ1) is 8.18. The van der Waals surface area contributed by atoms with Gasteiger partial charge in [-0.2, -0.15) is 0 Å². The second kappa shape index (κ2) is 3.48. The number of carbonyl (C=O) groups is 1. The van der Waals surface area contributed by atoms with Crippen molar-refractivity contribution in [3.63, 3.8) is 0 Å². The summed E-state index contributed by atoms with van der Waals surface area (Å²) in [5.41, 5.74) is 0.507. The minimum atomic E-state index is -0.993. The van der Waals surface area contributed by atoms with E-state index >= 15 is 0 Å². The largest absolute Gasteiger partial charge is 0.478 e. The highest BCUT2D eigenvalue weighted by Crippen LogP contribution is 2.34. The first-order valence-electron chi connectivity index (χ1n) is 5.53. The summed E-state index contributed by atoms with van der Waals surface area (Å²) in [6, 6.07) is 5.59. The molecule has 5 heteroatoms. The molecular weight excluding hydrogens is 220 g/mol. The van der Waals surface area contributed by atoms with Gasteiger partial charge in [-0.3, -0.25) is 0 Å². The molecule has 2 aromatic rings. The fourth-order valence-electron chi connectivity index (χ4n) is 2.01. The van der Waals surface area contributed by atoms with Crippen LogP contribution in [-0.4, -0.2) is 29.3 Å². The van der Waals surface area contributed by atoms with Crippen molar-refractivity contribution in [2.45, 2.75) is 18.9 Å². The van der Waals surface area contributed by atoms with Gasteiger partial charge in [0.05, 0.1) is 5.39 Å². The third-order valence-electron chi connectivity index (χ3n) is 3.14. The van der Waals surface area contributed by atoms with Crippen molar-refractivity contribution in [2.75, 3.05) is 11.9 Å². The standard InChI is InChI=1S/C12H12N2O3/c1-14(7-5-6-7)11-8-3-2-4-9(12(15)16)10(8)17-13-11/h2-4,7H,5-6H2,1H3,(H,15,16). The minimum Gasteiger partial charge on any atom is -0.478 e. The molecule has 0 radical (unpaired) electrons. The Morgan fingerprint density at radius 1 is 1.53 bits per heavy atom. The number of aromatic nitrogens is 1. The molecule has 5 nitrogen and oxygen atoms in total. The first-order valence-corrected chi connectivity index (χ1v) is 5.53. The number of anilines is 1. The van der Waals surface area contributed by atoms with E-state index in [0.717, 1.165) is 24.0 Å². The van der Waals surface area contributed by atoms with Gasteiger partial charge in [0.2, 0.25) is 0 Å². The van der Waals surface area contributed by atoms with Gasteiger partial charge in [-0.1, -0.05) is 11.2 Å². The number of nitrogens with zero attached hydrogens (tertiary/aromatic N) is 2. The lowest BCUT2D eigenvalue weighted by molar-refractivity contribution is 0.0697. The van der Waals surface area contributed by atoms with E-state index in [9.17, 15) is 4.79 Å². The topological polar surface area (TPSA) is 66.6 Å². The summed E-state index contributed by atoms with van der Waals surface area (Å²) in [6.07, 6.45) is 2.31. The Kier molecular flexibility index (Phi) is 2.07. The van der Waals surface area contributed by atoms with Crippen LogP contribution in [0.2, 0.25) is 0 Å². The van der Waals surface area contributed by atoms with E-state index in [2.05, 4.69) is 10.1 Å². The van der Waals surface area contributed by atoms with Crippen LogP contribution in [0.4, 0.5) is 5.82 Å². The summed E-state index contributed by atoms with van der Waals surface area (Å²) in [5.74, 6) is -0.266. The van der Waals surface area contributed by atoms with Crippen LogP contribution < -0.4 is 4.90 Å². The van der Waals surface area contributed by atoms with Crippen molar-refractivity contribution in [3.8, 4) is 0 Å². The van der Waals surface area contributed by atoms with Crippen LogP contribution in [-0.2, 0) is 0 Å². The van der Waals surface area contributed by atoms with Gasteiger partial charge in [0.25, 0.3) is 0 Å². The normalized spacial score (nSPS) is 15.1. The maximum atomic E-state index is 11.0. The van der Waals surface area contributed by atoms with Gasteiger partial charge < -0.3 is 14.5 Å². The molecule has 0 bridgehead atoms. The van der Waals surface area contributed by atoms with Crippen LogP contribution in [0.1, 0.15) is 23.2 Å². The van der Waals surface area contributed by atoms with Crippen molar-refractivity contribution in [1.29, 1.82) is 0 Å². The number of benzene rings is 1. The van der Waals surface area contributed by atoms with E-state index in [1.165, 1.54) is 6.07 Å². The quantitative estimate of drug-likeness (QED) is 0.878. The Balaban J connectivity index is 2.15. The number of hydrogen-bond donors (Lipinski definition) is 1. The molecule has 0 unspecified atom stereocenters. The van der Waals surface area contributed by atoms with Crippen LogP contribution in [0, 0.1) is 0 Å². The van der Waals surface area contributed by atoms with Crippen molar-refractivity contribution < 1.29 is 14.4 Å². The molecule has 1 heterocycles. The highest BCUT2D eigenvalue weighted by atomic mass is 16.5. The van der Waals surface area contributed by atoms with Crippen LogP contribution in [0.5, 0.6) is 0 Å². The Morgan fingerprint density at radius 3 is 2.94 bits per heavy atom. The molecule has 3 rings (SSSR count). The molecule has 1 aliphatic carbocycles. The average Bonchev–Trinajstić information content (AvgIpc) is 3.07. The zero-order valence-corrected chi connectivity index (χ0v) is 9.38. The Labute approximate surface area is 97.6 Å². The Hall–Kier alpha value is -2.04. The van der Waals surface area contributed by atoms with Gasteiger partial charge in [0, 0.05) is 13.1 Å². The predicted molar refractivity (Wildman–Crippen MR) is 62.4 cm³/mol. The maximum absolute atomic E-state index is 11.0. The molecule has 0 atom stereocenters. The summed E-state index contributed by atoms with van der Waals surface area (Å²) in [4.78, 5) is 13.1. The van der Waals surface area contributed by atoms with Gasteiger partial charge in [-0.05, 0) is 25.0 Å². The third-order valence-corrected chi connectivity index (χ3v) is 3.14. The van der Waals surface area contributed by atoms with E-state index in [1.54, 1.807) is 6.07 Å². The molecule has 1 aliphatic rings. The number of carboxylic acid groups (broad SMARTS) is 1. The molecule has 0 spiro atoms. The first kappa shape index (κ1) is 10.1. The molecule has 0 amide bonds. The molecule has 0 saturated heterocycles. The Morgan fingerprint density at radius 2 is 2.29 bits per heavy atom. The Bertz CT molecular complexity index is 586. The van der Waals surface area contributed by atoms with Crippen LogP contribution in [0.3, 0.4) is 0 Å². The number of aromatic carboxylic acids is 1. The molecule has 1 saturated carbocycles. The average molecular weight is 232 g/mol. The van der Waals surface area contributed by atoms with E-state index in [0.29, 0.717) is 11.6 Å². The zero-order valence-electron chi connectivity index (χ0n) is 9.38. The highest BCUT2D eigenvalue weighted by molar-refractivity contribution is 6.04. The van der Waals surface area contributed by atoms with Crippen LogP contribution in [0.25, 0.3) is 11.0 Å². The van der Waals surface area contributed by atoms with Crippen molar-refractivity contribution in [1.82, 2.24) is 5.16 Å². The zero-order chi connectivity index (χ0) is 12.0. The smallest absolute Gasteiger partial charge is 0.339 e. The maximum Gasteiger partial charge on any atom is 0.339 e. The molecule has 1 N–H and O–H groups in total. The molecular formula is C12H12N2O3. The van der Waals surface area contributed by atoms with E-state index in [-0.39, 0.29) is 5.56 Å². The summed E-state index contributed by atoms with van der Waals surface area (Å²) in [7, 11) is 1.96. The van der Waals surface area contributed by atoms with Gasteiger partial charge in [-0.15, -0.1) is 0 Å². The molecule has 1 aromatic heterocycles. The van der Waals surface area contributed by atoms with Gasteiger partial charge >= 0.3 is 5.97 Å². The highest BCUT2D eigenvalue weighted by Gasteiger charge is 2.29. The summed E-state index contributed by atoms with van der Waals surface area (Å²) in [6.45, 7) is 0. The number of carboxylic acids is 1. The fraction of sp³-hybridized carbons (Fsp3) is 0.333. The number of hydrogen-bond acceptors (Lipinski definition) is 4. The minimum absolute atomic E-state index is 0.158. The van der Waals surface area contributed by atoms with Crippen LogP contribution in [0.15, 0.2) is 22.7 Å². The predicted octanol–water partition coefficient (Wildman–Crippen LogP) is 2.12. The van der Waals surface area contributed by atoms with Gasteiger partial charge in [-0.25, -0.2) is 4.79 Å². The number of para-hydroxylation sites is 1. The monoisotopic (exact) mass is 232 g/mol. The van der Waals surface area contributed by atoms with Crippen molar-refractivity contribution in [2.24, 2.45) is 0 Å². The summed E-state index contributed by atoms with van der Waals surface area (Å²) >= 11 is 0. The van der Waals surface area contributed by atoms with Crippen LogP contribution >= 0.6 is 0 Å². The molecule has 88 valence electrons. The van der Waals surface area contributed by atoms with Gasteiger partial charge in [0.1, 0.15) is 5.56 Å². The van der Waals surface area contributed by atoms with E-state index in [4.69, 9.17) is 9.63 Å². The third kappa shape index (κ3) is 1.54. The lowest BCUT2D eigenvalue weighted by Gasteiger charge is -2.14. The molecule has 17 heavy (non-hydrogen) atoms. The summed E-state index contributed by atoms with van der Waals surface area (Å²) in [5, 5.41) is 13.8. The lowest BCUT2D eigenvalue weighted by atomic mass is 10.1.